The summed E-state index contributed by atoms with van der Waals surface area (Å²) in [7, 11) is -1.16. The molecule has 2 rings (SSSR count). The molecule has 2 aromatic rings. The molecular weight excluding hydrogens is 368 g/mol. The molecule has 2 N–H and O–H groups in total. The van der Waals surface area contributed by atoms with Crippen LogP contribution in [-0.2, 0) is 10.0 Å². The summed E-state index contributed by atoms with van der Waals surface area (Å²) in [5, 5.41) is 12.5. The normalized spacial score (nSPS) is 11.4. The van der Waals surface area contributed by atoms with Crippen LogP contribution in [0.2, 0.25) is 0 Å². The van der Waals surface area contributed by atoms with Gasteiger partial charge in [0, 0.05) is 20.6 Å². The van der Waals surface area contributed by atoms with Crippen LogP contribution in [0.4, 0.5) is 5.69 Å². The lowest BCUT2D eigenvalue weighted by Crippen LogP contribution is -2.23. The monoisotopic (exact) mass is 392 g/mol. The molecule has 0 atom stereocenters. The van der Waals surface area contributed by atoms with Crippen molar-refractivity contribution in [3.63, 3.8) is 0 Å². The molecule has 0 unspecified atom stereocenters. The molecule has 0 bridgehead atoms. The predicted octanol–water partition coefficient (Wildman–Crippen LogP) is 3.64. The second kappa shape index (κ2) is 8.88. The quantitative estimate of drug-likeness (QED) is 0.633. The Morgan fingerprint density at radius 2 is 1.85 bits per heavy atom. The van der Waals surface area contributed by atoms with E-state index in [4.69, 9.17) is 4.74 Å². The molecule has 8 heteroatoms. The van der Waals surface area contributed by atoms with Gasteiger partial charge in [-0.15, -0.1) is 0 Å². The largest absolute Gasteiger partial charge is 0.478 e. The van der Waals surface area contributed by atoms with Gasteiger partial charge in [-0.1, -0.05) is 31.5 Å². The van der Waals surface area contributed by atoms with Crippen molar-refractivity contribution < 1.29 is 23.1 Å². The highest BCUT2D eigenvalue weighted by atomic mass is 32.2. The number of carbonyl (C=O) groups is 1. The van der Waals surface area contributed by atoms with Gasteiger partial charge in [0.25, 0.3) is 0 Å². The van der Waals surface area contributed by atoms with Crippen molar-refractivity contribution in [2.24, 2.45) is 0 Å². The van der Waals surface area contributed by atoms with Gasteiger partial charge in [-0.2, -0.15) is 0 Å². The first-order valence-electron chi connectivity index (χ1n) is 8.58. The Morgan fingerprint density at radius 1 is 1.19 bits per heavy atom. The van der Waals surface area contributed by atoms with E-state index in [0.717, 1.165) is 23.2 Å². The van der Waals surface area contributed by atoms with Gasteiger partial charge in [-0.3, -0.25) is 0 Å². The molecule has 0 spiro atoms. The predicted molar refractivity (Wildman–Crippen MR) is 104 cm³/mol. The van der Waals surface area contributed by atoms with Crippen LogP contribution in [0.1, 0.15) is 30.1 Å². The number of carboxylic acid groups (broad SMARTS) is 1. The molecule has 0 aromatic heterocycles. The molecule has 0 saturated carbocycles. The van der Waals surface area contributed by atoms with Gasteiger partial charge in [0.05, 0.1) is 11.3 Å². The molecule has 146 valence electrons. The Labute approximate surface area is 159 Å². The van der Waals surface area contributed by atoms with Crippen molar-refractivity contribution in [1.29, 1.82) is 0 Å². The van der Waals surface area contributed by atoms with E-state index in [2.05, 4.69) is 5.32 Å². The first-order valence-corrected chi connectivity index (χ1v) is 10.0. The fourth-order valence-corrected chi connectivity index (χ4v) is 3.41. The molecule has 0 aliphatic heterocycles. The third-order valence-electron chi connectivity index (χ3n) is 3.87. The maximum Gasteiger partial charge on any atom is 0.335 e. The van der Waals surface area contributed by atoms with Crippen LogP contribution in [0.15, 0.2) is 47.4 Å². The number of hydrogen-bond acceptors (Lipinski definition) is 5. The lowest BCUT2D eigenvalue weighted by Gasteiger charge is -2.20. The number of carboxylic acids is 1. The zero-order valence-electron chi connectivity index (χ0n) is 15.6. The lowest BCUT2D eigenvalue weighted by atomic mass is 10.1. The number of para-hydroxylation sites is 1. The van der Waals surface area contributed by atoms with Crippen molar-refractivity contribution in [3.8, 4) is 11.5 Å². The zero-order valence-corrected chi connectivity index (χ0v) is 16.4. The third kappa shape index (κ3) is 4.99. The second-order valence-corrected chi connectivity index (χ2v) is 8.26. The smallest absolute Gasteiger partial charge is 0.335 e. The molecular formula is C19H24N2O5S. The average molecular weight is 392 g/mol. The molecule has 2 aromatic carbocycles. The summed E-state index contributed by atoms with van der Waals surface area (Å²) >= 11 is 0. The van der Waals surface area contributed by atoms with Crippen LogP contribution in [0.25, 0.3) is 0 Å². The first-order chi connectivity index (χ1) is 12.8. The number of ether oxygens (including phenoxy) is 1. The Balaban J connectivity index is 2.67. The van der Waals surface area contributed by atoms with Gasteiger partial charge in [0.2, 0.25) is 10.0 Å². The van der Waals surface area contributed by atoms with Crippen LogP contribution in [0.3, 0.4) is 0 Å². The van der Waals surface area contributed by atoms with E-state index < -0.39 is 16.0 Å². The van der Waals surface area contributed by atoms with E-state index in [0.29, 0.717) is 18.0 Å². The van der Waals surface area contributed by atoms with Gasteiger partial charge in [0.15, 0.2) is 5.75 Å². The highest BCUT2D eigenvalue weighted by molar-refractivity contribution is 7.89. The van der Waals surface area contributed by atoms with Gasteiger partial charge in [-0.05, 0) is 30.7 Å². The van der Waals surface area contributed by atoms with Crippen LogP contribution in [0.5, 0.6) is 11.5 Å². The summed E-state index contributed by atoms with van der Waals surface area (Å²) in [6.45, 7) is 2.59. The maximum absolute atomic E-state index is 12.8. The number of rotatable bonds is 9. The molecule has 0 saturated heterocycles. The van der Waals surface area contributed by atoms with Crippen molar-refractivity contribution in [1.82, 2.24) is 4.31 Å². The van der Waals surface area contributed by atoms with E-state index in [9.17, 15) is 18.3 Å². The minimum atomic E-state index is -3.93. The highest BCUT2D eigenvalue weighted by Crippen LogP contribution is 2.38. The Kier molecular flexibility index (Phi) is 6.81. The van der Waals surface area contributed by atoms with Crippen molar-refractivity contribution in [2.75, 3.05) is 26.0 Å². The van der Waals surface area contributed by atoms with E-state index in [1.807, 2.05) is 13.0 Å². The number of aromatic carboxylic acids is 1. The average Bonchev–Trinajstić information content (AvgIpc) is 2.63. The summed E-state index contributed by atoms with van der Waals surface area (Å²) < 4.78 is 32.6. The van der Waals surface area contributed by atoms with Crippen molar-refractivity contribution >= 4 is 21.7 Å². The Morgan fingerprint density at radius 3 is 2.41 bits per heavy atom. The van der Waals surface area contributed by atoms with Gasteiger partial charge in [-0.25, -0.2) is 17.5 Å². The molecule has 27 heavy (non-hydrogen) atoms. The van der Waals surface area contributed by atoms with Crippen LogP contribution < -0.4 is 10.1 Å². The number of unbranched alkanes of at least 4 members (excludes halogenated alkanes) is 1. The van der Waals surface area contributed by atoms with E-state index in [1.165, 1.54) is 20.2 Å². The van der Waals surface area contributed by atoms with Crippen LogP contribution in [-0.4, -0.2) is 44.4 Å². The second-order valence-electron chi connectivity index (χ2n) is 6.14. The molecule has 0 heterocycles. The van der Waals surface area contributed by atoms with Crippen molar-refractivity contribution in [2.45, 2.75) is 24.7 Å². The van der Waals surface area contributed by atoms with Crippen LogP contribution in [0, 0.1) is 0 Å². The molecule has 0 fully saturated rings. The lowest BCUT2D eigenvalue weighted by molar-refractivity contribution is 0.0696. The minimum Gasteiger partial charge on any atom is -0.478 e. The van der Waals surface area contributed by atoms with Gasteiger partial charge < -0.3 is 15.2 Å². The van der Waals surface area contributed by atoms with Crippen molar-refractivity contribution in [3.05, 3.63) is 48.0 Å². The topological polar surface area (TPSA) is 95.9 Å². The number of nitrogens with one attached hydrogen (secondary N) is 1. The standard InChI is InChI=1S/C19H24N2O5S/c1-4-5-11-20-16-12-14(19(22)23)13-17(27(24,25)21(2)3)18(16)26-15-9-7-6-8-10-15/h6-10,12-13,20H,4-5,11H2,1-3H3,(H,22,23). The number of hydrogen-bond donors (Lipinski definition) is 2. The molecule has 7 nitrogen and oxygen atoms in total. The SMILES string of the molecule is CCCCNc1cc(C(=O)O)cc(S(=O)(=O)N(C)C)c1Oc1ccccc1. The van der Waals surface area contributed by atoms with Gasteiger partial charge in [0.1, 0.15) is 10.6 Å². The molecule has 0 aliphatic carbocycles. The summed E-state index contributed by atoms with van der Waals surface area (Å²) in [4.78, 5) is 11.3. The number of nitrogens with zero attached hydrogens (tertiary/aromatic N) is 1. The fraction of sp³-hybridized carbons (Fsp3) is 0.316. The maximum atomic E-state index is 12.8. The van der Waals surface area contributed by atoms with Crippen LogP contribution >= 0.6 is 0 Å². The molecule has 0 amide bonds. The third-order valence-corrected chi connectivity index (χ3v) is 5.69. The Hall–Kier alpha value is -2.58. The summed E-state index contributed by atoms with van der Waals surface area (Å²) in [6, 6.07) is 11.3. The first kappa shape index (κ1) is 20.7. The van der Waals surface area contributed by atoms with E-state index >= 15 is 0 Å². The minimum absolute atomic E-state index is 0.0796. The summed E-state index contributed by atoms with van der Waals surface area (Å²) in [6.07, 6.45) is 1.78. The zero-order chi connectivity index (χ0) is 20.0. The highest BCUT2D eigenvalue weighted by Gasteiger charge is 2.27. The number of benzene rings is 2. The fourth-order valence-electron chi connectivity index (χ4n) is 2.36. The van der Waals surface area contributed by atoms with E-state index in [-0.39, 0.29) is 16.2 Å². The summed E-state index contributed by atoms with van der Waals surface area (Å²) in [5.74, 6) is -0.680. The molecule has 0 radical (unpaired) electrons. The van der Waals surface area contributed by atoms with E-state index in [1.54, 1.807) is 24.3 Å². The van der Waals surface area contributed by atoms with Gasteiger partial charge >= 0.3 is 5.97 Å². The summed E-state index contributed by atoms with van der Waals surface area (Å²) in [5.41, 5.74) is 0.197. The number of anilines is 1. The molecule has 0 aliphatic rings. The Bertz CT molecular complexity index is 896. The number of sulfonamides is 1.